The Morgan fingerprint density at radius 2 is 2.07 bits per heavy atom. The molecule has 2 aliphatic rings. The van der Waals surface area contributed by atoms with Crippen LogP contribution in [0.3, 0.4) is 0 Å². The van der Waals surface area contributed by atoms with Gasteiger partial charge in [-0.25, -0.2) is 4.39 Å². The van der Waals surface area contributed by atoms with Gasteiger partial charge in [0.2, 0.25) is 11.8 Å². The number of halogens is 1. The van der Waals surface area contributed by atoms with Crippen molar-refractivity contribution in [2.75, 3.05) is 5.32 Å². The molecule has 6 nitrogen and oxygen atoms in total. The average molecular weight is 402 g/mol. The van der Waals surface area contributed by atoms with Gasteiger partial charge in [-0.05, 0) is 43.4 Å². The fourth-order valence-corrected chi connectivity index (χ4v) is 4.30. The van der Waals surface area contributed by atoms with Gasteiger partial charge in [0.15, 0.2) is 5.17 Å². The van der Waals surface area contributed by atoms with Crippen LogP contribution in [-0.2, 0) is 9.59 Å². The van der Waals surface area contributed by atoms with Crippen molar-refractivity contribution in [3.63, 3.8) is 0 Å². The Hall–Kier alpha value is -2.48. The summed E-state index contributed by atoms with van der Waals surface area (Å²) < 4.78 is 13.6. The lowest BCUT2D eigenvalue weighted by Gasteiger charge is -2.28. The highest BCUT2D eigenvalue weighted by atomic mass is 32.2. The molecule has 2 amide bonds. The molecule has 0 radical (unpaired) electrons. The van der Waals surface area contributed by atoms with E-state index in [0.29, 0.717) is 5.17 Å². The van der Waals surface area contributed by atoms with Crippen LogP contribution in [0.1, 0.15) is 40.0 Å². The van der Waals surface area contributed by atoms with Gasteiger partial charge in [0, 0.05) is 6.42 Å². The minimum Gasteiger partial charge on any atom is -0.324 e. The number of hydrogen-bond acceptors (Lipinski definition) is 5. The lowest BCUT2D eigenvalue weighted by Crippen LogP contribution is -2.28. The topological polar surface area (TPSA) is 82.9 Å². The Balaban J connectivity index is 1.61. The second-order valence-corrected chi connectivity index (χ2v) is 9.02. The molecule has 28 heavy (non-hydrogen) atoms. The molecule has 0 saturated carbocycles. The maximum Gasteiger partial charge on any atom is 0.240 e. The van der Waals surface area contributed by atoms with Crippen molar-refractivity contribution >= 4 is 40.1 Å². The summed E-state index contributed by atoms with van der Waals surface area (Å²) in [5.41, 5.74) is 2.35. The molecule has 1 saturated heterocycles. The highest BCUT2D eigenvalue weighted by molar-refractivity contribution is 8.15. The van der Waals surface area contributed by atoms with Crippen LogP contribution in [0.5, 0.6) is 0 Å². The van der Waals surface area contributed by atoms with Gasteiger partial charge in [-0.1, -0.05) is 43.3 Å². The number of allylic oxidation sites excluding steroid dienone is 2. The molecule has 0 unspecified atom stereocenters. The highest BCUT2D eigenvalue weighted by Crippen LogP contribution is 2.34. The van der Waals surface area contributed by atoms with Gasteiger partial charge < -0.3 is 10.6 Å². The van der Waals surface area contributed by atoms with E-state index in [0.717, 1.165) is 30.3 Å². The minimum absolute atomic E-state index is 0.0769. The van der Waals surface area contributed by atoms with Crippen molar-refractivity contribution in [2.45, 2.75) is 45.3 Å². The van der Waals surface area contributed by atoms with E-state index >= 15 is 0 Å². The van der Waals surface area contributed by atoms with Crippen molar-refractivity contribution in [3.8, 4) is 0 Å². The fraction of sp³-hybridized carbons (Fsp3) is 0.400. The first-order valence-corrected chi connectivity index (χ1v) is 9.93. The molecule has 0 bridgehead atoms. The number of amidine groups is 1. The quantitative estimate of drug-likeness (QED) is 0.750. The third kappa shape index (κ3) is 5.28. The van der Waals surface area contributed by atoms with Crippen LogP contribution >= 0.6 is 11.8 Å². The molecule has 1 aliphatic heterocycles. The summed E-state index contributed by atoms with van der Waals surface area (Å²) in [5.74, 6) is -1.25. The molecular weight excluding hydrogens is 379 g/mol. The zero-order chi connectivity index (χ0) is 20.3. The minimum atomic E-state index is -0.620. The number of nitrogens with one attached hydrogen (secondary N) is 2. The zero-order valence-corrected chi connectivity index (χ0v) is 16.9. The lowest BCUT2D eigenvalue weighted by atomic mass is 9.77. The number of benzene rings is 1. The molecule has 1 aliphatic carbocycles. The van der Waals surface area contributed by atoms with Gasteiger partial charge in [0.05, 0.1) is 11.4 Å². The Morgan fingerprint density at radius 1 is 1.32 bits per heavy atom. The van der Waals surface area contributed by atoms with Crippen molar-refractivity contribution in [1.82, 2.24) is 5.32 Å². The number of hydrogen-bond donors (Lipinski definition) is 2. The van der Waals surface area contributed by atoms with Gasteiger partial charge in [0.25, 0.3) is 0 Å². The molecule has 148 valence electrons. The number of amides is 2. The molecule has 0 aromatic heterocycles. The SMILES string of the molecule is CC1=C/C(=N\N=C2/NC(=O)[C@@H](CC(=O)Nc3ccccc3F)S2)CC(C)(C)C1. The average Bonchev–Trinajstić information content (AvgIpc) is 2.93. The molecule has 8 heteroatoms. The summed E-state index contributed by atoms with van der Waals surface area (Å²) in [6, 6.07) is 5.90. The Labute approximate surface area is 167 Å². The van der Waals surface area contributed by atoms with Crippen molar-refractivity contribution in [3.05, 3.63) is 41.7 Å². The third-order valence-corrected chi connectivity index (χ3v) is 5.47. The molecule has 2 N–H and O–H groups in total. The maximum atomic E-state index is 13.6. The van der Waals surface area contributed by atoms with E-state index in [1.165, 1.54) is 17.7 Å². The van der Waals surface area contributed by atoms with Crippen LogP contribution in [-0.4, -0.2) is 27.9 Å². The standard InChI is InChI=1S/C20H23FN4O2S/c1-12-8-13(11-20(2,3)10-12)24-25-19-23-18(27)16(28-19)9-17(26)22-15-7-5-4-6-14(15)21/h4-8,16H,9-11H2,1-3H3,(H,22,26)(H,23,25,27)/b24-13+/t16-/m1/s1. The maximum absolute atomic E-state index is 13.6. The van der Waals surface area contributed by atoms with Crippen LogP contribution in [0.15, 0.2) is 46.1 Å². The van der Waals surface area contributed by atoms with E-state index in [2.05, 4.69) is 41.6 Å². The Bertz CT molecular complexity index is 892. The van der Waals surface area contributed by atoms with Crippen LogP contribution in [0, 0.1) is 11.2 Å². The second kappa shape index (κ2) is 8.26. The first-order chi connectivity index (χ1) is 13.2. The van der Waals surface area contributed by atoms with Gasteiger partial charge in [-0.2, -0.15) is 5.10 Å². The van der Waals surface area contributed by atoms with E-state index in [1.54, 1.807) is 12.1 Å². The van der Waals surface area contributed by atoms with Crippen molar-refractivity contribution < 1.29 is 14.0 Å². The Morgan fingerprint density at radius 3 is 2.79 bits per heavy atom. The van der Waals surface area contributed by atoms with E-state index in [1.807, 2.05) is 6.08 Å². The summed E-state index contributed by atoms with van der Waals surface area (Å²) in [4.78, 5) is 24.3. The predicted octanol–water partition coefficient (Wildman–Crippen LogP) is 3.86. The van der Waals surface area contributed by atoms with Crippen LogP contribution in [0.2, 0.25) is 0 Å². The molecular formula is C20H23FN4O2S. The molecule has 1 heterocycles. The third-order valence-electron chi connectivity index (χ3n) is 4.39. The van der Waals surface area contributed by atoms with Crippen LogP contribution < -0.4 is 10.6 Å². The van der Waals surface area contributed by atoms with Gasteiger partial charge >= 0.3 is 0 Å². The van der Waals surface area contributed by atoms with Gasteiger partial charge in [0.1, 0.15) is 11.1 Å². The van der Waals surface area contributed by atoms with E-state index in [4.69, 9.17) is 0 Å². The van der Waals surface area contributed by atoms with E-state index in [9.17, 15) is 14.0 Å². The molecule has 1 aromatic rings. The largest absolute Gasteiger partial charge is 0.324 e. The first kappa shape index (κ1) is 20.3. The van der Waals surface area contributed by atoms with Crippen molar-refractivity contribution in [2.24, 2.45) is 15.6 Å². The monoisotopic (exact) mass is 402 g/mol. The predicted molar refractivity (Wildman–Crippen MR) is 111 cm³/mol. The smallest absolute Gasteiger partial charge is 0.240 e. The zero-order valence-electron chi connectivity index (χ0n) is 16.1. The summed E-state index contributed by atoms with van der Waals surface area (Å²) in [6.45, 7) is 6.44. The van der Waals surface area contributed by atoms with E-state index < -0.39 is 17.0 Å². The van der Waals surface area contributed by atoms with Crippen LogP contribution in [0.25, 0.3) is 0 Å². The molecule has 1 atom stereocenters. The molecule has 3 rings (SSSR count). The number of nitrogens with zero attached hydrogens (tertiary/aromatic N) is 2. The van der Waals surface area contributed by atoms with Gasteiger partial charge in [-0.15, -0.1) is 5.10 Å². The lowest BCUT2D eigenvalue weighted by molar-refractivity contribution is -0.122. The fourth-order valence-electron chi connectivity index (χ4n) is 3.39. The summed E-state index contributed by atoms with van der Waals surface area (Å²) in [7, 11) is 0. The highest BCUT2D eigenvalue weighted by Gasteiger charge is 2.32. The van der Waals surface area contributed by atoms with Crippen molar-refractivity contribution in [1.29, 1.82) is 0 Å². The Kier molecular flexibility index (Phi) is 5.98. The number of rotatable bonds is 4. The van der Waals surface area contributed by atoms with E-state index in [-0.39, 0.29) is 23.4 Å². The number of para-hydroxylation sites is 1. The van der Waals surface area contributed by atoms with Crippen LogP contribution in [0.4, 0.5) is 10.1 Å². The summed E-state index contributed by atoms with van der Waals surface area (Å²) in [5, 5.41) is 13.3. The second-order valence-electron chi connectivity index (χ2n) is 7.83. The molecule has 1 fully saturated rings. The number of thioether (sulfide) groups is 1. The first-order valence-electron chi connectivity index (χ1n) is 9.05. The summed E-state index contributed by atoms with van der Waals surface area (Å²) in [6.07, 6.45) is 3.78. The molecule has 0 spiro atoms. The van der Waals surface area contributed by atoms with Gasteiger partial charge in [-0.3, -0.25) is 9.59 Å². The normalized spacial score (nSPS) is 24.2. The molecule has 1 aromatic carbocycles. The number of anilines is 1. The number of carbonyl (C=O) groups excluding carboxylic acids is 2. The summed E-state index contributed by atoms with van der Waals surface area (Å²) >= 11 is 1.16. The number of carbonyl (C=O) groups is 2.